The molecular formula is C14H15N5O. The van der Waals surface area contributed by atoms with E-state index >= 15 is 0 Å². The molecule has 0 unspecified atom stereocenters. The van der Waals surface area contributed by atoms with E-state index in [4.69, 9.17) is 5.53 Å². The summed E-state index contributed by atoms with van der Waals surface area (Å²) in [5.41, 5.74) is 9.63. The van der Waals surface area contributed by atoms with Crippen LogP contribution < -0.4 is 5.32 Å². The molecular weight excluding hydrogens is 254 g/mol. The van der Waals surface area contributed by atoms with Crippen molar-refractivity contribution in [2.45, 2.75) is 12.8 Å². The average Bonchev–Trinajstić information content (AvgIpc) is 2.50. The Morgan fingerprint density at radius 3 is 3.10 bits per heavy atom. The minimum atomic E-state index is -0.0977. The molecule has 0 fully saturated rings. The zero-order chi connectivity index (χ0) is 14.2. The van der Waals surface area contributed by atoms with Crippen molar-refractivity contribution in [3.05, 3.63) is 52.5 Å². The third kappa shape index (κ3) is 3.70. The molecule has 6 heteroatoms. The predicted molar refractivity (Wildman–Crippen MR) is 77.3 cm³/mol. The van der Waals surface area contributed by atoms with Crippen LogP contribution in [0.2, 0.25) is 0 Å². The Bertz CT molecular complexity index is 649. The first-order chi connectivity index (χ1) is 9.81. The number of benzene rings is 1. The van der Waals surface area contributed by atoms with Crippen molar-refractivity contribution in [2.24, 2.45) is 5.11 Å². The third-order valence-electron chi connectivity index (χ3n) is 2.90. The van der Waals surface area contributed by atoms with Crippen LogP contribution in [0.3, 0.4) is 0 Å². The van der Waals surface area contributed by atoms with Gasteiger partial charge in [0.2, 0.25) is 0 Å². The van der Waals surface area contributed by atoms with Crippen LogP contribution in [0.4, 0.5) is 0 Å². The monoisotopic (exact) mass is 269 g/mol. The third-order valence-corrected chi connectivity index (χ3v) is 2.90. The molecule has 0 aliphatic carbocycles. The number of amides is 1. The Morgan fingerprint density at radius 2 is 2.25 bits per heavy atom. The standard InChI is InChI=1S/C14H15N5O/c15-19-18-9-2-1-7-17-14(20)12-5-6-13-11(10-12)4-3-8-16-13/h3-6,8,10H,1-2,7,9H2,(H,17,20). The summed E-state index contributed by atoms with van der Waals surface area (Å²) in [7, 11) is 0. The van der Waals surface area contributed by atoms with Gasteiger partial charge in [-0.15, -0.1) is 0 Å². The molecule has 1 amide bonds. The molecule has 0 saturated carbocycles. The van der Waals surface area contributed by atoms with Crippen LogP contribution in [-0.2, 0) is 0 Å². The Morgan fingerprint density at radius 1 is 1.35 bits per heavy atom. The molecule has 2 aromatic rings. The molecule has 0 radical (unpaired) electrons. The van der Waals surface area contributed by atoms with E-state index in [-0.39, 0.29) is 5.91 Å². The Hall–Kier alpha value is -2.59. The molecule has 1 aromatic carbocycles. The number of nitrogens with zero attached hydrogens (tertiary/aromatic N) is 4. The molecule has 102 valence electrons. The van der Waals surface area contributed by atoms with E-state index in [9.17, 15) is 4.79 Å². The van der Waals surface area contributed by atoms with E-state index in [0.29, 0.717) is 18.7 Å². The smallest absolute Gasteiger partial charge is 0.251 e. The summed E-state index contributed by atoms with van der Waals surface area (Å²) >= 11 is 0. The second-order valence-electron chi connectivity index (χ2n) is 4.33. The highest BCUT2D eigenvalue weighted by atomic mass is 16.1. The molecule has 0 aliphatic rings. The lowest BCUT2D eigenvalue weighted by Gasteiger charge is -2.05. The SMILES string of the molecule is [N-]=[N+]=NCCCCNC(=O)c1ccc2ncccc2c1. The largest absolute Gasteiger partial charge is 0.352 e. The van der Waals surface area contributed by atoms with Crippen LogP contribution in [0, 0.1) is 0 Å². The number of azide groups is 1. The van der Waals surface area contributed by atoms with Crippen molar-refractivity contribution in [1.29, 1.82) is 0 Å². The van der Waals surface area contributed by atoms with Crippen LogP contribution in [0.1, 0.15) is 23.2 Å². The zero-order valence-corrected chi connectivity index (χ0v) is 11.0. The summed E-state index contributed by atoms with van der Waals surface area (Å²) in [6.07, 6.45) is 3.29. The normalized spacial score (nSPS) is 10.0. The van der Waals surface area contributed by atoms with E-state index in [1.807, 2.05) is 24.3 Å². The van der Waals surface area contributed by atoms with Crippen LogP contribution in [0.15, 0.2) is 41.6 Å². The number of nitrogens with one attached hydrogen (secondary N) is 1. The average molecular weight is 269 g/mol. The Kier molecular flexibility index (Phi) is 4.92. The van der Waals surface area contributed by atoms with Crippen molar-refractivity contribution < 1.29 is 4.79 Å². The van der Waals surface area contributed by atoms with Crippen LogP contribution in [-0.4, -0.2) is 24.0 Å². The second kappa shape index (κ2) is 7.11. The number of hydrogen-bond acceptors (Lipinski definition) is 3. The molecule has 0 saturated heterocycles. The van der Waals surface area contributed by atoms with Gasteiger partial charge >= 0.3 is 0 Å². The van der Waals surface area contributed by atoms with Gasteiger partial charge in [0, 0.05) is 35.1 Å². The number of fused-ring (bicyclic) bond motifs is 1. The van der Waals surface area contributed by atoms with Crippen LogP contribution in [0.5, 0.6) is 0 Å². The molecule has 0 spiro atoms. The highest BCUT2D eigenvalue weighted by Crippen LogP contribution is 2.13. The molecule has 0 aliphatic heterocycles. The maximum absolute atomic E-state index is 12.0. The fourth-order valence-electron chi connectivity index (χ4n) is 1.87. The van der Waals surface area contributed by atoms with E-state index in [2.05, 4.69) is 20.3 Å². The molecule has 1 heterocycles. The summed E-state index contributed by atoms with van der Waals surface area (Å²) in [6, 6.07) is 9.22. The summed E-state index contributed by atoms with van der Waals surface area (Å²) < 4.78 is 0. The van der Waals surface area contributed by atoms with E-state index in [1.54, 1.807) is 12.3 Å². The number of pyridine rings is 1. The maximum Gasteiger partial charge on any atom is 0.251 e. The van der Waals surface area contributed by atoms with Gasteiger partial charge < -0.3 is 5.32 Å². The lowest BCUT2D eigenvalue weighted by molar-refractivity contribution is 0.0953. The molecule has 1 N–H and O–H groups in total. The molecule has 1 aromatic heterocycles. The Balaban J connectivity index is 1.89. The fourth-order valence-corrected chi connectivity index (χ4v) is 1.87. The van der Waals surface area contributed by atoms with Gasteiger partial charge in [-0.05, 0) is 42.6 Å². The molecule has 0 atom stereocenters. The van der Waals surface area contributed by atoms with Gasteiger partial charge in [0.25, 0.3) is 5.91 Å². The maximum atomic E-state index is 12.0. The Labute approximate surface area is 116 Å². The second-order valence-corrected chi connectivity index (χ2v) is 4.33. The lowest BCUT2D eigenvalue weighted by Crippen LogP contribution is -2.24. The van der Waals surface area contributed by atoms with Crippen molar-refractivity contribution in [3.8, 4) is 0 Å². The molecule has 20 heavy (non-hydrogen) atoms. The van der Waals surface area contributed by atoms with Gasteiger partial charge in [-0.3, -0.25) is 9.78 Å². The number of carbonyl (C=O) groups excluding carboxylic acids is 1. The van der Waals surface area contributed by atoms with Gasteiger partial charge in [0.15, 0.2) is 0 Å². The van der Waals surface area contributed by atoms with Crippen molar-refractivity contribution >= 4 is 16.8 Å². The summed E-state index contributed by atoms with van der Waals surface area (Å²) in [6.45, 7) is 1.04. The van der Waals surface area contributed by atoms with Gasteiger partial charge in [-0.1, -0.05) is 11.2 Å². The summed E-state index contributed by atoms with van der Waals surface area (Å²) in [5, 5.41) is 7.24. The van der Waals surface area contributed by atoms with E-state index < -0.39 is 0 Å². The first-order valence-electron chi connectivity index (χ1n) is 6.45. The van der Waals surface area contributed by atoms with Crippen molar-refractivity contribution in [3.63, 3.8) is 0 Å². The van der Waals surface area contributed by atoms with Gasteiger partial charge in [0.1, 0.15) is 0 Å². The summed E-state index contributed by atoms with van der Waals surface area (Å²) in [5.74, 6) is -0.0977. The van der Waals surface area contributed by atoms with E-state index in [0.717, 1.165) is 23.7 Å². The highest BCUT2D eigenvalue weighted by Gasteiger charge is 2.05. The van der Waals surface area contributed by atoms with Crippen LogP contribution >= 0.6 is 0 Å². The number of rotatable bonds is 6. The molecule has 2 rings (SSSR count). The van der Waals surface area contributed by atoms with Crippen LogP contribution in [0.25, 0.3) is 21.3 Å². The van der Waals surface area contributed by atoms with Crippen molar-refractivity contribution in [1.82, 2.24) is 10.3 Å². The highest BCUT2D eigenvalue weighted by molar-refractivity contribution is 5.97. The number of aromatic nitrogens is 1. The van der Waals surface area contributed by atoms with Gasteiger partial charge in [-0.25, -0.2) is 0 Å². The molecule has 6 nitrogen and oxygen atoms in total. The zero-order valence-electron chi connectivity index (χ0n) is 11.0. The quantitative estimate of drug-likeness (QED) is 0.378. The van der Waals surface area contributed by atoms with E-state index in [1.165, 1.54) is 0 Å². The van der Waals surface area contributed by atoms with Gasteiger partial charge in [0.05, 0.1) is 5.52 Å². The fraction of sp³-hybridized carbons (Fsp3) is 0.286. The topological polar surface area (TPSA) is 90.8 Å². The minimum Gasteiger partial charge on any atom is -0.352 e. The number of unbranched alkanes of at least 4 members (excludes halogenated alkanes) is 1. The van der Waals surface area contributed by atoms with Gasteiger partial charge in [-0.2, -0.15) is 0 Å². The minimum absolute atomic E-state index is 0.0977. The van der Waals surface area contributed by atoms with Crippen molar-refractivity contribution in [2.75, 3.05) is 13.1 Å². The number of carbonyl (C=O) groups is 1. The predicted octanol–water partition coefficient (Wildman–Crippen LogP) is 3.06. The lowest BCUT2D eigenvalue weighted by atomic mass is 10.1. The first-order valence-corrected chi connectivity index (χ1v) is 6.45. The first kappa shape index (κ1) is 13.8. The number of hydrogen-bond donors (Lipinski definition) is 1. The summed E-state index contributed by atoms with van der Waals surface area (Å²) in [4.78, 5) is 18.9. The molecule has 0 bridgehead atoms.